The van der Waals surface area contributed by atoms with Crippen molar-refractivity contribution < 1.29 is 14.3 Å². The second-order valence-corrected chi connectivity index (χ2v) is 4.04. The summed E-state index contributed by atoms with van der Waals surface area (Å²) in [5, 5.41) is 0. The Labute approximate surface area is 107 Å². The molecular formula is C13H20N2O3. The average molecular weight is 252 g/mol. The van der Waals surface area contributed by atoms with Crippen LogP contribution in [0.5, 0.6) is 11.5 Å². The summed E-state index contributed by atoms with van der Waals surface area (Å²) >= 11 is 0. The minimum absolute atomic E-state index is 0.0890. The van der Waals surface area contributed by atoms with Crippen molar-refractivity contribution in [2.24, 2.45) is 11.5 Å². The molecule has 4 N–H and O–H groups in total. The van der Waals surface area contributed by atoms with Crippen LogP contribution in [-0.4, -0.2) is 19.6 Å². The van der Waals surface area contributed by atoms with Crippen molar-refractivity contribution in [2.45, 2.75) is 25.8 Å². The highest BCUT2D eigenvalue weighted by Crippen LogP contribution is 2.30. The maximum atomic E-state index is 10.9. The first-order valence-corrected chi connectivity index (χ1v) is 5.90. The zero-order chi connectivity index (χ0) is 13.5. The van der Waals surface area contributed by atoms with Gasteiger partial charge in [-0.15, -0.1) is 0 Å². The minimum Gasteiger partial charge on any atom is -0.493 e. The molecule has 0 bridgehead atoms. The van der Waals surface area contributed by atoms with E-state index in [9.17, 15) is 4.79 Å². The predicted molar refractivity (Wildman–Crippen MR) is 69.5 cm³/mol. The number of benzene rings is 1. The van der Waals surface area contributed by atoms with Gasteiger partial charge in [-0.25, -0.2) is 0 Å². The molecule has 18 heavy (non-hydrogen) atoms. The number of ether oxygens (including phenoxy) is 2. The molecule has 5 nitrogen and oxygen atoms in total. The summed E-state index contributed by atoms with van der Waals surface area (Å²) in [6.45, 7) is 1.97. The Morgan fingerprint density at radius 3 is 2.67 bits per heavy atom. The Hall–Kier alpha value is -1.59. The zero-order valence-corrected chi connectivity index (χ0v) is 10.8. The molecule has 1 aromatic rings. The fourth-order valence-electron chi connectivity index (χ4n) is 1.66. The van der Waals surface area contributed by atoms with E-state index in [1.807, 2.05) is 6.07 Å². The Bertz CT molecular complexity index is 407. The molecule has 100 valence electrons. The average Bonchev–Trinajstić information content (AvgIpc) is 2.35. The number of methoxy groups -OCH3 is 1. The summed E-state index contributed by atoms with van der Waals surface area (Å²) in [6.07, 6.45) is 1.68. The lowest BCUT2D eigenvalue weighted by atomic mass is 10.0. The molecule has 0 aromatic heterocycles. The van der Waals surface area contributed by atoms with E-state index >= 15 is 0 Å². The van der Waals surface area contributed by atoms with E-state index in [0.717, 1.165) is 18.4 Å². The maximum Gasteiger partial charge on any atom is 0.308 e. The van der Waals surface area contributed by atoms with Gasteiger partial charge in [0.25, 0.3) is 0 Å². The topological polar surface area (TPSA) is 87.6 Å². The summed E-state index contributed by atoms with van der Waals surface area (Å²) < 4.78 is 10.2. The molecule has 0 aliphatic heterocycles. The molecular weight excluding hydrogens is 232 g/mol. The van der Waals surface area contributed by atoms with Gasteiger partial charge in [0.05, 0.1) is 7.11 Å². The summed E-state index contributed by atoms with van der Waals surface area (Å²) in [5.41, 5.74) is 12.4. The van der Waals surface area contributed by atoms with E-state index in [0.29, 0.717) is 18.0 Å². The van der Waals surface area contributed by atoms with Crippen LogP contribution in [0.25, 0.3) is 0 Å². The van der Waals surface area contributed by atoms with Gasteiger partial charge in [-0.3, -0.25) is 4.79 Å². The van der Waals surface area contributed by atoms with E-state index < -0.39 is 0 Å². The van der Waals surface area contributed by atoms with E-state index in [1.54, 1.807) is 12.1 Å². The molecule has 0 spiro atoms. The first-order chi connectivity index (χ1) is 8.58. The number of carbonyl (C=O) groups is 1. The largest absolute Gasteiger partial charge is 0.493 e. The predicted octanol–water partition coefficient (Wildman–Crippen LogP) is 1.36. The van der Waals surface area contributed by atoms with Gasteiger partial charge in [-0.1, -0.05) is 6.07 Å². The van der Waals surface area contributed by atoms with Crippen LogP contribution in [0.15, 0.2) is 18.2 Å². The highest BCUT2D eigenvalue weighted by atomic mass is 16.6. The van der Waals surface area contributed by atoms with E-state index in [1.165, 1.54) is 14.0 Å². The molecule has 0 unspecified atom stereocenters. The lowest BCUT2D eigenvalue weighted by molar-refractivity contribution is -0.132. The molecule has 0 amide bonds. The van der Waals surface area contributed by atoms with Gasteiger partial charge in [0.1, 0.15) is 0 Å². The molecule has 0 radical (unpaired) electrons. The molecule has 0 heterocycles. The van der Waals surface area contributed by atoms with E-state index in [2.05, 4.69) is 0 Å². The van der Waals surface area contributed by atoms with Gasteiger partial charge in [-0.2, -0.15) is 0 Å². The monoisotopic (exact) mass is 252 g/mol. The summed E-state index contributed by atoms with van der Waals surface area (Å²) in [4.78, 5) is 10.9. The van der Waals surface area contributed by atoms with Crippen molar-refractivity contribution in [1.29, 1.82) is 0 Å². The Morgan fingerprint density at radius 2 is 2.11 bits per heavy atom. The second kappa shape index (κ2) is 6.98. The number of hydrogen-bond donors (Lipinski definition) is 2. The zero-order valence-electron chi connectivity index (χ0n) is 10.8. The van der Waals surface area contributed by atoms with Crippen LogP contribution in [0, 0.1) is 0 Å². The van der Waals surface area contributed by atoms with Gasteiger partial charge in [-0.05, 0) is 37.1 Å². The van der Waals surface area contributed by atoms with Crippen LogP contribution in [0.2, 0.25) is 0 Å². The first-order valence-electron chi connectivity index (χ1n) is 5.90. The van der Waals surface area contributed by atoms with Crippen molar-refractivity contribution in [3.63, 3.8) is 0 Å². The summed E-state index contributed by atoms with van der Waals surface area (Å²) in [6, 6.07) is 5.23. The van der Waals surface area contributed by atoms with Crippen molar-refractivity contribution in [3.05, 3.63) is 23.8 Å². The van der Waals surface area contributed by atoms with E-state index in [4.69, 9.17) is 20.9 Å². The molecule has 1 rings (SSSR count). The van der Waals surface area contributed by atoms with Crippen LogP contribution < -0.4 is 20.9 Å². The minimum atomic E-state index is -0.381. The van der Waals surface area contributed by atoms with Crippen LogP contribution in [0.4, 0.5) is 0 Å². The van der Waals surface area contributed by atoms with Gasteiger partial charge in [0.15, 0.2) is 11.5 Å². The number of carbonyl (C=O) groups excluding carboxylic acids is 1. The van der Waals surface area contributed by atoms with Gasteiger partial charge < -0.3 is 20.9 Å². The molecule has 0 aliphatic carbocycles. The molecule has 1 aromatic carbocycles. The standard InChI is InChI=1S/C13H20N2O3/c1-9(16)18-12-6-5-10(8-13(12)17-2)11(15)4-3-7-14/h5-6,8,11H,3-4,7,14-15H2,1-2H3/t11-/m1/s1. The van der Waals surface area contributed by atoms with Gasteiger partial charge in [0.2, 0.25) is 0 Å². The molecule has 1 atom stereocenters. The highest BCUT2D eigenvalue weighted by Gasteiger charge is 2.11. The van der Waals surface area contributed by atoms with Crippen LogP contribution in [0.1, 0.15) is 31.4 Å². The van der Waals surface area contributed by atoms with Crippen LogP contribution >= 0.6 is 0 Å². The Balaban J connectivity index is 2.87. The molecule has 0 aliphatic rings. The molecule has 0 fully saturated rings. The Kier molecular flexibility index (Phi) is 5.61. The number of nitrogens with two attached hydrogens (primary N) is 2. The van der Waals surface area contributed by atoms with Crippen LogP contribution in [0.3, 0.4) is 0 Å². The fourth-order valence-corrected chi connectivity index (χ4v) is 1.66. The van der Waals surface area contributed by atoms with Gasteiger partial charge in [0, 0.05) is 13.0 Å². The quantitative estimate of drug-likeness (QED) is 0.589. The lowest BCUT2D eigenvalue weighted by Gasteiger charge is -2.14. The highest BCUT2D eigenvalue weighted by molar-refractivity contribution is 5.70. The van der Waals surface area contributed by atoms with E-state index in [-0.39, 0.29) is 12.0 Å². The molecule has 5 heteroatoms. The smallest absolute Gasteiger partial charge is 0.308 e. The Morgan fingerprint density at radius 1 is 1.39 bits per heavy atom. The third-order valence-corrected chi connectivity index (χ3v) is 2.59. The van der Waals surface area contributed by atoms with Crippen molar-refractivity contribution >= 4 is 5.97 Å². The molecule has 0 saturated carbocycles. The van der Waals surface area contributed by atoms with Crippen molar-refractivity contribution in [3.8, 4) is 11.5 Å². The lowest BCUT2D eigenvalue weighted by Crippen LogP contribution is -2.13. The maximum absolute atomic E-state index is 10.9. The molecule has 0 saturated heterocycles. The first kappa shape index (κ1) is 14.5. The SMILES string of the molecule is COc1cc([C@H](N)CCCN)ccc1OC(C)=O. The number of esters is 1. The van der Waals surface area contributed by atoms with Gasteiger partial charge >= 0.3 is 5.97 Å². The van der Waals surface area contributed by atoms with Crippen molar-refractivity contribution in [2.75, 3.05) is 13.7 Å². The normalized spacial score (nSPS) is 12.0. The summed E-state index contributed by atoms with van der Waals surface area (Å²) in [5.74, 6) is 0.527. The number of hydrogen-bond acceptors (Lipinski definition) is 5. The number of rotatable bonds is 6. The third-order valence-electron chi connectivity index (χ3n) is 2.59. The van der Waals surface area contributed by atoms with Crippen LogP contribution in [-0.2, 0) is 4.79 Å². The third kappa shape index (κ3) is 4.01. The second-order valence-electron chi connectivity index (χ2n) is 4.04. The van der Waals surface area contributed by atoms with Crippen molar-refractivity contribution in [1.82, 2.24) is 0 Å². The summed E-state index contributed by atoms with van der Waals surface area (Å²) in [7, 11) is 1.53. The fraction of sp³-hybridized carbons (Fsp3) is 0.462.